The molecule has 1 N–H and O–H groups in total. The number of amides is 1. The lowest BCUT2D eigenvalue weighted by atomic mass is 9.96. The van der Waals surface area contributed by atoms with Crippen molar-refractivity contribution in [3.63, 3.8) is 0 Å². The summed E-state index contributed by atoms with van der Waals surface area (Å²) in [5.74, 6) is 0.733. The molecule has 3 fully saturated rings. The quantitative estimate of drug-likeness (QED) is 0.848. The summed E-state index contributed by atoms with van der Waals surface area (Å²) >= 11 is 0. The molecule has 3 aliphatic heterocycles. The van der Waals surface area contributed by atoms with E-state index in [1.165, 1.54) is 32.5 Å². The molecule has 1 amide bonds. The van der Waals surface area contributed by atoms with Crippen molar-refractivity contribution in [1.29, 1.82) is 0 Å². The maximum absolute atomic E-state index is 12.1. The number of nitrogens with one attached hydrogen (secondary N) is 1. The monoisotopic (exact) mass is 309 g/mol. The van der Waals surface area contributed by atoms with Gasteiger partial charge in [-0.1, -0.05) is 0 Å². The molecule has 0 aromatic carbocycles. The van der Waals surface area contributed by atoms with Gasteiger partial charge in [-0.3, -0.25) is 4.90 Å². The molecule has 5 heteroatoms. The molecule has 0 aromatic rings. The molecular weight excluding hydrogens is 278 g/mol. The minimum atomic E-state index is -0.395. The standard InChI is InChI=1S/C17H31N3O2/c1-17(2,3)22-16(21)20-8-6-13(7-9-20)10-19-11-14-4-5-15(12-19)18-14/h13-15,18H,4-12H2,1-3H3/t14-,15+. The molecule has 2 bridgehead atoms. The lowest BCUT2D eigenvalue weighted by Crippen LogP contribution is -2.53. The van der Waals surface area contributed by atoms with Crippen molar-refractivity contribution in [3.05, 3.63) is 0 Å². The zero-order chi connectivity index (χ0) is 15.7. The van der Waals surface area contributed by atoms with Gasteiger partial charge in [0.1, 0.15) is 5.60 Å². The molecule has 2 atom stereocenters. The number of likely N-dealkylation sites (tertiary alicyclic amines) is 2. The fraction of sp³-hybridized carbons (Fsp3) is 0.941. The smallest absolute Gasteiger partial charge is 0.410 e. The van der Waals surface area contributed by atoms with Crippen LogP contribution in [-0.2, 0) is 4.74 Å². The average molecular weight is 309 g/mol. The zero-order valence-electron chi connectivity index (χ0n) is 14.3. The van der Waals surface area contributed by atoms with Gasteiger partial charge in [-0.15, -0.1) is 0 Å². The van der Waals surface area contributed by atoms with Gasteiger partial charge in [0.15, 0.2) is 0 Å². The van der Waals surface area contributed by atoms with Crippen LogP contribution < -0.4 is 5.32 Å². The minimum Gasteiger partial charge on any atom is -0.444 e. The summed E-state index contributed by atoms with van der Waals surface area (Å²) in [5, 5.41) is 3.69. The highest BCUT2D eigenvalue weighted by molar-refractivity contribution is 5.68. The first-order chi connectivity index (χ1) is 10.4. The van der Waals surface area contributed by atoms with Crippen LogP contribution in [0.2, 0.25) is 0 Å². The van der Waals surface area contributed by atoms with E-state index in [4.69, 9.17) is 4.74 Å². The van der Waals surface area contributed by atoms with E-state index in [0.717, 1.165) is 43.9 Å². The summed E-state index contributed by atoms with van der Waals surface area (Å²) in [4.78, 5) is 16.6. The van der Waals surface area contributed by atoms with Gasteiger partial charge in [-0.05, 0) is 52.4 Å². The van der Waals surface area contributed by atoms with Crippen LogP contribution in [0.3, 0.4) is 0 Å². The predicted octanol–water partition coefficient (Wildman–Crippen LogP) is 2.07. The molecule has 3 rings (SSSR count). The van der Waals surface area contributed by atoms with Crippen LogP contribution >= 0.6 is 0 Å². The number of piperazine rings is 1. The number of hydrogen-bond acceptors (Lipinski definition) is 4. The largest absolute Gasteiger partial charge is 0.444 e. The van der Waals surface area contributed by atoms with Crippen LogP contribution in [0.1, 0.15) is 46.5 Å². The number of piperidine rings is 1. The number of fused-ring (bicyclic) bond motifs is 2. The number of rotatable bonds is 2. The summed E-state index contributed by atoms with van der Waals surface area (Å²) in [6, 6.07) is 1.45. The van der Waals surface area contributed by atoms with Gasteiger partial charge in [-0.2, -0.15) is 0 Å². The maximum atomic E-state index is 12.1. The highest BCUT2D eigenvalue weighted by atomic mass is 16.6. The Morgan fingerprint density at radius 1 is 1.09 bits per heavy atom. The van der Waals surface area contributed by atoms with Crippen molar-refractivity contribution >= 4 is 6.09 Å². The molecule has 0 unspecified atom stereocenters. The van der Waals surface area contributed by atoms with E-state index in [1.54, 1.807) is 0 Å². The second kappa shape index (κ2) is 6.36. The van der Waals surface area contributed by atoms with E-state index in [0.29, 0.717) is 0 Å². The van der Waals surface area contributed by atoms with E-state index in [2.05, 4.69) is 10.2 Å². The van der Waals surface area contributed by atoms with Gasteiger partial charge in [0, 0.05) is 44.8 Å². The molecule has 0 saturated carbocycles. The SMILES string of the molecule is CC(C)(C)OC(=O)N1CCC(CN2C[C@H]3CC[C@@H](C2)N3)CC1. The van der Waals surface area contributed by atoms with Crippen molar-refractivity contribution in [3.8, 4) is 0 Å². The van der Waals surface area contributed by atoms with Gasteiger partial charge >= 0.3 is 6.09 Å². The van der Waals surface area contributed by atoms with Crippen molar-refractivity contribution in [1.82, 2.24) is 15.1 Å². The molecule has 0 aromatic heterocycles. The van der Waals surface area contributed by atoms with Crippen molar-refractivity contribution in [2.75, 3.05) is 32.7 Å². The molecule has 126 valence electrons. The van der Waals surface area contributed by atoms with Gasteiger partial charge in [-0.25, -0.2) is 4.79 Å². The highest BCUT2D eigenvalue weighted by Gasteiger charge is 2.34. The van der Waals surface area contributed by atoms with Gasteiger partial charge < -0.3 is 15.0 Å². The molecule has 0 aliphatic carbocycles. The van der Waals surface area contributed by atoms with Gasteiger partial charge in [0.2, 0.25) is 0 Å². The normalized spacial score (nSPS) is 30.6. The Kier molecular flexibility index (Phi) is 4.64. The van der Waals surface area contributed by atoms with E-state index in [-0.39, 0.29) is 6.09 Å². The third-order valence-corrected chi connectivity index (χ3v) is 5.07. The lowest BCUT2D eigenvalue weighted by Gasteiger charge is -2.38. The Labute approximate surface area is 134 Å². The Morgan fingerprint density at radius 3 is 2.23 bits per heavy atom. The summed E-state index contributed by atoms with van der Waals surface area (Å²) < 4.78 is 5.47. The lowest BCUT2D eigenvalue weighted by molar-refractivity contribution is 0.0165. The molecule has 22 heavy (non-hydrogen) atoms. The topological polar surface area (TPSA) is 44.8 Å². The second-order valence-corrected chi connectivity index (χ2v) is 8.27. The summed E-state index contributed by atoms with van der Waals surface area (Å²) in [5.41, 5.74) is -0.395. The molecule has 5 nitrogen and oxygen atoms in total. The van der Waals surface area contributed by atoms with Gasteiger partial charge in [0.05, 0.1) is 0 Å². The van der Waals surface area contributed by atoms with Crippen LogP contribution in [0, 0.1) is 5.92 Å². The minimum absolute atomic E-state index is 0.147. The van der Waals surface area contributed by atoms with E-state index in [1.807, 2.05) is 25.7 Å². The van der Waals surface area contributed by atoms with E-state index < -0.39 is 5.60 Å². The van der Waals surface area contributed by atoms with Crippen LogP contribution in [0.15, 0.2) is 0 Å². The zero-order valence-corrected chi connectivity index (χ0v) is 14.3. The van der Waals surface area contributed by atoms with Crippen molar-refractivity contribution < 1.29 is 9.53 Å². The predicted molar refractivity (Wildman–Crippen MR) is 86.9 cm³/mol. The Morgan fingerprint density at radius 2 is 1.68 bits per heavy atom. The number of carbonyl (C=O) groups is 1. The van der Waals surface area contributed by atoms with E-state index >= 15 is 0 Å². The first-order valence-electron chi connectivity index (χ1n) is 8.85. The summed E-state index contributed by atoms with van der Waals surface area (Å²) in [6.07, 6.45) is 4.76. The van der Waals surface area contributed by atoms with Crippen LogP contribution in [0.5, 0.6) is 0 Å². The first-order valence-corrected chi connectivity index (χ1v) is 8.85. The molecule has 0 spiro atoms. The number of ether oxygens (including phenoxy) is 1. The summed E-state index contributed by atoms with van der Waals surface area (Å²) in [7, 11) is 0. The third-order valence-electron chi connectivity index (χ3n) is 5.07. The van der Waals surface area contributed by atoms with Gasteiger partial charge in [0.25, 0.3) is 0 Å². The molecular formula is C17H31N3O2. The van der Waals surface area contributed by atoms with Crippen LogP contribution in [0.4, 0.5) is 4.79 Å². The van der Waals surface area contributed by atoms with Crippen molar-refractivity contribution in [2.24, 2.45) is 5.92 Å². The molecule has 3 heterocycles. The van der Waals surface area contributed by atoms with Crippen LogP contribution in [0.25, 0.3) is 0 Å². The number of carbonyl (C=O) groups excluding carboxylic acids is 1. The number of nitrogens with zero attached hydrogens (tertiary/aromatic N) is 2. The third kappa shape index (κ3) is 4.13. The van der Waals surface area contributed by atoms with E-state index in [9.17, 15) is 4.79 Å². The average Bonchev–Trinajstić information content (AvgIpc) is 2.77. The first kappa shape index (κ1) is 16.1. The Bertz CT molecular complexity index is 387. The molecule has 0 radical (unpaired) electrons. The summed E-state index contributed by atoms with van der Waals surface area (Å²) in [6.45, 7) is 11.1. The van der Waals surface area contributed by atoms with Crippen molar-refractivity contribution in [2.45, 2.75) is 64.1 Å². The molecule has 3 saturated heterocycles. The highest BCUT2D eigenvalue weighted by Crippen LogP contribution is 2.24. The fourth-order valence-corrected chi connectivity index (χ4v) is 4.03. The maximum Gasteiger partial charge on any atom is 0.410 e. The number of hydrogen-bond donors (Lipinski definition) is 1. The fourth-order valence-electron chi connectivity index (χ4n) is 4.03. The van der Waals surface area contributed by atoms with Crippen LogP contribution in [-0.4, -0.2) is 66.3 Å². The Hall–Kier alpha value is -0.810. The molecule has 3 aliphatic rings. The Balaban J connectivity index is 1.41. The second-order valence-electron chi connectivity index (χ2n) is 8.27.